The highest BCUT2D eigenvalue weighted by Crippen LogP contribution is 2.60. The van der Waals surface area contributed by atoms with Gasteiger partial charge in [-0.3, -0.25) is 19.0 Å². The summed E-state index contributed by atoms with van der Waals surface area (Å²) in [5.41, 5.74) is 3.52. The van der Waals surface area contributed by atoms with Crippen LogP contribution < -0.4 is 25.1 Å². The Kier molecular flexibility index (Phi) is 10.2. The first-order valence-corrected chi connectivity index (χ1v) is 22.7. The number of fused-ring (bicyclic) bond motifs is 3. The number of aromatic nitrogens is 1. The van der Waals surface area contributed by atoms with E-state index in [1.165, 1.54) is 16.9 Å². The number of benzene rings is 4. The number of aliphatic hydroxyl groups excluding tert-OH is 1. The fourth-order valence-corrected chi connectivity index (χ4v) is 13.8. The molecule has 5 atom stereocenters. The zero-order chi connectivity index (χ0) is 40.1. The monoisotopic (exact) mass is 783 g/mol. The standard InChI is InChI=1S/C46H49N3O7Si/c1-30-43(57(4,5)37-21-19-36(54-2)20-22-37)41(26-42(51)48-28-33-14-7-6-13-32(33)25-35(48)29-50)56-46(30)38-16-8-9-17-39(38)49(45(46)53)27-31-12-10-15-34(24-31)47-23-11-18-40(55-3)44(47)52/h6-24,30,35,41,43,50H,25-29H2,1-5H3/t30-,35+,41+,43-,46+/m1/s1. The minimum absolute atomic E-state index is 0.0782. The third-order valence-corrected chi connectivity index (χ3v) is 17.0. The normalized spacial score (nSPS) is 22.7. The molecule has 10 nitrogen and oxygen atoms in total. The van der Waals surface area contributed by atoms with E-state index in [0.717, 1.165) is 33.7 Å². The van der Waals surface area contributed by atoms with Gasteiger partial charge in [-0.05, 0) is 71.1 Å². The van der Waals surface area contributed by atoms with E-state index in [0.29, 0.717) is 18.7 Å². The maximum absolute atomic E-state index is 15.4. The molecule has 5 aromatic rings. The Morgan fingerprint density at radius 1 is 0.895 bits per heavy atom. The third-order valence-electron chi connectivity index (χ3n) is 12.7. The predicted octanol–water partition coefficient (Wildman–Crippen LogP) is 5.95. The largest absolute Gasteiger partial charge is 0.497 e. The molecule has 1 aromatic heterocycles. The predicted molar refractivity (Wildman–Crippen MR) is 222 cm³/mol. The average molecular weight is 784 g/mol. The summed E-state index contributed by atoms with van der Waals surface area (Å²) < 4.78 is 19.6. The molecule has 3 aliphatic rings. The van der Waals surface area contributed by atoms with Gasteiger partial charge in [0.15, 0.2) is 11.4 Å². The van der Waals surface area contributed by atoms with Gasteiger partial charge in [0.1, 0.15) is 5.75 Å². The van der Waals surface area contributed by atoms with Gasteiger partial charge in [-0.25, -0.2) is 0 Å². The van der Waals surface area contributed by atoms with Crippen molar-refractivity contribution >= 4 is 30.8 Å². The lowest BCUT2D eigenvalue weighted by Gasteiger charge is -2.39. The van der Waals surface area contributed by atoms with Gasteiger partial charge >= 0.3 is 0 Å². The lowest BCUT2D eigenvalue weighted by Crippen LogP contribution is -2.52. The Morgan fingerprint density at radius 3 is 2.37 bits per heavy atom. The summed E-state index contributed by atoms with van der Waals surface area (Å²) in [4.78, 5) is 46.7. The lowest BCUT2D eigenvalue weighted by molar-refractivity contribution is -0.151. The van der Waals surface area contributed by atoms with Crippen LogP contribution in [0.4, 0.5) is 5.69 Å². The van der Waals surface area contributed by atoms with Gasteiger partial charge in [0.2, 0.25) is 5.91 Å². The average Bonchev–Trinajstić information content (AvgIpc) is 3.66. The molecule has 0 aliphatic carbocycles. The second-order valence-corrected chi connectivity index (χ2v) is 20.7. The van der Waals surface area contributed by atoms with Crippen molar-refractivity contribution in [3.8, 4) is 17.2 Å². The van der Waals surface area contributed by atoms with E-state index in [9.17, 15) is 14.7 Å². The first kappa shape index (κ1) is 38.4. The summed E-state index contributed by atoms with van der Waals surface area (Å²) in [7, 11) is 0.603. The first-order chi connectivity index (χ1) is 27.5. The fraction of sp³-hybridized carbons (Fsp3) is 0.326. The molecule has 3 aliphatic heterocycles. The van der Waals surface area contributed by atoms with Crippen LogP contribution in [0, 0.1) is 5.92 Å². The number of hydrogen-bond acceptors (Lipinski definition) is 7. The second-order valence-electron chi connectivity index (χ2n) is 16.0. The number of nitrogens with zero attached hydrogens (tertiary/aromatic N) is 3. The van der Waals surface area contributed by atoms with E-state index in [1.54, 1.807) is 35.2 Å². The summed E-state index contributed by atoms with van der Waals surface area (Å²) in [6.07, 6.45) is 1.78. The van der Waals surface area contributed by atoms with Crippen LogP contribution in [0.3, 0.4) is 0 Å². The minimum Gasteiger partial charge on any atom is -0.497 e. The number of anilines is 1. The molecule has 1 N–H and O–H groups in total. The van der Waals surface area contributed by atoms with Crippen molar-refractivity contribution in [2.24, 2.45) is 5.92 Å². The maximum atomic E-state index is 15.4. The van der Waals surface area contributed by atoms with Crippen LogP contribution in [-0.2, 0) is 39.4 Å². The molecule has 0 unspecified atom stereocenters. The molecule has 4 heterocycles. The molecule has 8 rings (SSSR count). The topological polar surface area (TPSA) is 111 Å². The Morgan fingerprint density at radius 2 is 1.63 bits per heavy atom. The molecule has 294 valence electrons. The van der Waals surface area contributed by atoms with Crippen molar-refractivity contribution in [2.75, 3.05) is 25.7 Å². The molecule has 1 spiro atoms. The van der Waals surface area contributed by atoms with E-state index in [4.69, 9.17) is 14.2 Å². The molecule has 0 bridgehead atoms. The molecule has 0 saturated carbocycles. The van der Waals surface area contributed by atoms with Crippen LogP contribution in [-0.4, -0.2) is 67.4 Å². The molecule has 11 heteroatoms. The van der Waals surface area contributed by atoms with E-state index in [1.807, 2.05) is 78.9 Å². The number of ether oxygens (including phenoxy) is 3. The molecule has 0 radical (unpaired) electrons. The number of hydrogen-bond donors (Lipinski definition) is 1. The zero-order valence-corrected chi connectivity index (χ0v) is 34.1. The van der Waals surface area contributed by atoms with Crippen LogP contribution in [0.2, 0.25) is 18.6 Å². The Hall–Kier alpha value is -5.49. The molecule has 1 saturated heterocycles. The van der Waals surface area contributed by atoms with Crippen LogP contribution in [0.5, 0.6) is 11.5 Å². The third kappa shape index (κ3) is 6.47. The van der Waals surface area contributed by atoms with Crippen molar-refractivity contribution < 1.29 is 28.9 Å². The second kappa shape index (κ2) is 15.1. The molecule has 1 fully saturated rings. The number of carbonyl (C=O) groups excluding carboxylic acids is 2. The zero-order valence-electron chi connectivity index (χ0n) is 33.1. The highest BCUT2D eigenvalue weighted by molar-refractivity contribution is 6.91. The van der Waals surface area contributed by atoms with Crippen LogP contribution >= 0.6 is 0 Å². The van der Waals surface area contributed by atoms with Crippen molar-refractivity contribution in [3.63, 3.8) is 0 Å². The number of amides is 2. The molecule has 4 aromatic carbocycles. The number of para-hydroxylation sites is 1. The Labute approximate surface area is 334 Å². The van der Waals surface area contributed by atoms with Gasteiger partial charge in [-0.1, -0.05) is 91.9 Å². The van der Waals surface area contributed by atoms with Crippen LogP contribution in [0.1, 0.15) is 35.6 Å². The van der Waals surface area contributed by atoms with Crippen LogP contribution in [0.25, 0.3) is 5.69 Å². The van der Waals surface area contributed by atoms with Crippen molar-refractivity contribution in [3.05, 3.63) is 148 Å². The smallest absolute Gasteiger partial charge is 0.297 e. The summed E-state index contributed by atoms with van der Waals surface area (Å²) in [6.45, 7) is 7.25. The van der Waals surface area contributed by atoms with Gasteiger partial charge < -0.3 is 29.1 Å². The van der Waals surface area contributed by atoms with E-state index in [-0.39, 0.29) is 60.2 Å². The molecular formula is C46H49N3O7Si. The van der Waals surface area contributed by atoms with E-state index < -0.39 is 19.8 Å². The number of aliphatic hydroxyl groups is 1. The Bertz CT molecular complexity index is 2380. The Balaban J connectivity index is 1.17. The number of carbonyl (C=O) groups is 2. The van der Waals surface area contributed by atoms with E-state index in [2.05, 4.69) is 38.2 Å². The highest BCUT2D eigenvalue weighted by Gasteiger charge is 2.66. The molecule has 57 heavy (non-hydrogen) atoms. The molecular weight excluding hydrogens is 735 g/mol. The van der Waals surface area contributed by atoms with Gasteiger partial charge in [-0.15, -0.1) is 0 Å². The minimum atomic E-state index is -2.52. The van der Waals surface area contributed by atoms with E-state index >= 15 is 4.79 Å². The number of pyridine rings is 1. The van der Waals surface area contributed by atoms with Crippen molar-refractivity contribution in [1.82, 2.24) is 9.47 Å². The van der Waals surface area contributed by atoms with Crippen molar-refractivity contribution in [1.29, 1.82) is 0 Å². The summed E-state index contributed by atoms with van der Waals surface area (Å²) in [6, 6.07) is 34.7. The molecule has 2 amide bonds. The number of methoxy groups -OCH3 is 2. The maximum Gasteiger partial charge on any atom is 0.297 e. The first-order valence-electron chi connectivity index (χ1n) is 19.6. The van der Waals surface area contributed by atoms with Gasteiger partial charge in [0.05, 0.1) is 59.7 Å². The summed E-state index contributed by atoms with van der Waals surface area (Å²) in [5, 5.41) is 11.7. The number of rotatable bonds is 10. The summed E-state index contributed by atoms with van der Waals surface area (Å²) >= 11 is 0. The fourth-order valence-electron chi connectivity index (χ4n) is 9.78. The quantitative estimate of drug-likeness (QED) is 0.174. The highest BCUT2D eigenvalue weighted by atomic mass is 28.3. The SMILES string of the molecule is COc1ccc([Si](C)(C)[C@H]2[C@H](CC(=O)N3Cc4ccccc4C[C@H]3CO)O[C@@]3(C(=O)N(Cc4cccc(-n5cccc(OC)c5=O)c4)c4ccccc43)[C@@H]2C)cc1. The lowest BCUT2D eigenvalue weighted by atomic mass is 9.82. The summed E-state index contributed by atoms with van der Waals surface area (Å²) in [5.74, 6) is 0.442. The van der Waals surface area contributed by atoms with Crippen molar-refractivity contribution in [2.45, 2.75) is 69.2 Å². The van der Waals surface area contributed by atoms with Gasteiger partial charge in [-0.2, -0.15) is 0 Å². The van der Waals surface area contributed by atoms with Gasteiger partial charge in [0, 0.05) is 29.9 Å². The van der Waals surface area contributed by atoms with Gasteiger partial charge in [0.25, 0.3) is 11.5 Å². The van der Waals surface area contributed by atoms with Crippen LogP contribution in [0.15, 0.2) is 120 Å².